The average Bonchev–Trinajstić information content (AvgIpc) is 3.46. The van der Waals surface area contributed by atoms with Crippen molar-refractivity contribution >= 4 is 5.91 Å². The van der Waals surface area contributed by atoms with Gasteiger partial charge in [0.15, 0.2) is 0 Å². The van der Waals surface area contributed by atoms with Crippen molar-refractivity contribution in [2.75, 3.05) is 13.1 Å². The van der Waals surface area contributed by atoms with Crippen LogP contribution in [0.25, 0.3) is 16.9 Å². The molecule has 1 aliphatic carbocycles. The fourth-order valence-corrected chi connectivity index (χ4v) is 3.79. The largest absolute Gasteiger partial charge is 0.473 e. The number of halogens is 1. The number of benzene rings is 1. The molecule has 8 nitrogen and oxygen atoms in total. The van der Waals surface area contributed by atoms with Crippen LogP contribution in [0.3, 0.4) is 0 Å². The first kappa shape index (κ1) is 20.6. The van der Waals surface area contributed by atoms with Gasteiger partial charge in [0, 0.05) is 17.8 Å². The van der Waals surface area contributed by atoms with E-state index in [0.717, 1.165) is 44.3 Å². The molecule has 0 bridgehead atoms. The molecule has 0 unspecified atom stereocenters. The molecule has 1 amide bonds. The highest BCUT2D eigenvalue weighted by molar-refractivity contribution is 5.95. The Balaban J connectivity index is 1.39. The Morgan fingerprint density at radius 3 is 2.78 bits per heavy atom. The molecule has 0 spiro atoms. The van der Waals surface area contributed by atoms with Crippen molar-refractivity contribution in [1.29, 1.82) is 0 Å². The smallest absolute Gasteiger partial charge is 0.254 e. The molecule has 0 atom stereocenters. The molecule has 9 heteroatoms. The second-order valence-corrected chi connectivity index (χ2v) is 8.35. The second kappa shape index (κ2) is 8.66. The van der Waals surface area contributed by atoms with Gasteiger partial charge in [0.25, 0.3) is 5.91 Å². The molecule has 2 N–H and O–H groups in total. The van der Waals surface area contributed by atoms with E-state index in [1.54, 1.807) is 42.5 Å². The van der Waals surface area contributed by atoms with E-state index in [9.17, 15) is 9.18 Å². The number of piperidine rings is 1. The third-order valence-electron chi connectivity index (χ3n) is 5.75. The summed E-state index contributed by atoms with van der Waals surface area (Å²) in [5, 5.41) is 10.6. The summed E-state index contributed by atoms with van der Waals surface area (Å²) in [6, 6.07) is 3.06. The number of amides is 1. The summed E-state index contributed by atoms with van der Waals surface area (Å²) in [5.41, 5.74) is 2.71. The number of aromatic nitrogens is 4. The molecule has 2 aliphatic rings. The van der Waals surface area contributed by atoms with Gasteiger partial charge in [-0.25, -0.2) is 14.1 Å². The quantitative estimate of drug-likeness (QED) is 0.617. The van der Waals surface area contributed by atoms with Gasteiger partial charge in [0.2, 0.25) is 5.88 Å². The van der Waals surface area contributed by atoms with Crippen LogP contribution in [-0.2, 0) is 0 Å². The number of hydrogen-bond donors (Lipinski definition) is 2. The van der Waals surface area contributed by atoms with Gasteiger partial charge in [-0.1, -0.05) is 0 Å². The van der Waals surface area contributed by atoms with Crippen LogP contribution in [0.4, 0.5) is 4.39 Å². The van der Waals surface area contributed by atoms with Crippen LogP contribution in [0.1, 0.15) is 41.6 Å². The fraction of sp³-hybridized carbons (Fsp3) is 0.391. The highest BCUT2D eigenvalue weighted by atomic mass is 19.1. The Bertz CT molecular complexity index is 1140. The molecule has 5 rings (SSSR count). The van der Waals surface area contributed by atoms with E-state index < -0.39 is 11.7 Å². The van der Waals surface area contributed by atoms with Crippen LogP contribution >= 0.6 is 0 Å². The van der Waals surface area contributed by atoms with Gasteiger partial charge in [-0.15, -0.1) is 0 Å². The minimum absolute atomic E-state index is 0.0201. The van der Waals surface area contributed by atoms with Gasteiger partial charge in [-0.05, 0) is 63.4 Å². The fourth-order valence-electron chi connectivity index (χ4n) is 3.79. The Morgan fingerprint density at radius 2 is 2.00 bits per heavy atom. The lowest BCUT2D eigenvalue weighted by atomic mass is 10.1. The predicted octanol–water partition coefficient (Wildman–Crippen LogP) is 2.80. The summed E-state index contributed by atoms with van der Waals surface area (Å²) in [4.78, 5) is 21.3. The maximum Gasteiger partial charge on any atom is 0.254 e. The number of carbonyl (C=O) groups is 1. The molecule has 0 radical (unpaired) electrons. The third-order valence-corrected chi connectivity index (χ3v) is 5.75. The molecular weight excluding hydrogens is 411 g/mol. The maximum atomic E-state index is 14.4. The summed E-state index contributed by atoms with van der Waals surface area (Å²) >= 11 is 0. The van der Waals surface area contributed by atoms with Gasteiger partial charge in [-0.3, -0.25) is 9.78 Å². The van der Waals surface area contributed by atoms with Crippen molar-refractivity contribution in [2.24, 2.45) is 0 Å². The van der Waals surface area contributed by atoms with Crippen molar-refractivity contribution < 1.29 is 13.9 Å². The number of rotatable bonds is 6. The highest BCUT2D eigenvalue weighted by Gasteiger charge is 2.26. The molecule has 1 saturated carbocycles. The van der Waals surface area contributed by atoms with E-state index in [0.29, 0.717) is 22.8 Å². The predicted molar refractivity (Wildman–Crippen MR) is 116 cm³/mol. The maximum absolute atomic E-state index is 14.4. The molecule has 3 heterocycles. The number of nitrogens with one attached hydrogen (secondary N) is 2. The molecular formula is C23H25FN6O2. The first-order chi connectivity index (χ1) is 15.6. The first-order valence-corrected chi connectivity index (χ1v) is 10.9. The molecule has 2 aromatic heterocycles. The Hall–Kier alpha value is -3.33. The van der Waals surface area contributed by atoms with E-state index in [-0.39, 0.29) is 17.7 Å². The van der Waals surface area contributed by atoms with Crippen molar-refractivity contribution in [3.63, 3.8) is 0 Å². The lowest BCUT2D eigenvalue weighted by molar-refractivity contribution is 0.0947. The van der Waals surface area contributed by atoms with Crippen LogP contribution in [0.15, 0.2) is 36.9 Å². The zero-order chi connectivity index (χ0) is 22.1. The first-order valence-electron chi connectivity index (χ1n) is 10.9. The van der Waals surface area contributed by atoms with Gasteiger partial charge in [0.1, 0.15) is 11.9 Å². The van der Waals surface area contributed by atoms with E-state index in [1.165, 1.54) is 6.07 Å². The minimum Gasteiger partial charge on any atom is -0.473 e. The number of carbonyl (C=O) groups excluding carboxylic acids is 1. The number of hydrogen-bond acceptors (Lipinski definition) is 6. The van der Waals surface area contributed by atoms with Crippen LogP contribution in [0.5, 0.6) is 5.88 Å². The average molecular weight is 436 g/mol. The molecule has 1 aromatic carbocycles. The highest BCUT2D eigenvalue weighted by Crippen LogP contribution is 2.25. The van der Waals surface area contributed by atoms with E-state index in [4.69, 9.17) is 4.74 Å². The molecule has 166 valence electrons. The summed E-state index contributed by atoms with van der Waals surface area (Å²) in [5.74, 6) is -0.447. The normalized spacial score (nSPS) is 16.7. The lowest BCUT2D eigenvalue weighted by Crippen LogP contribution is -2.34. The lowest BCUT2D eigenvalue weighted by Gasteiger charge is -2.23. The van der Waals surface area contributed by atoms with E-state index >= 15 is 0 Å². The zero-order valence-electron chi connectivity index (χ0n) is 17.8. The summed E-state index contributed by atoms with van der Waals surface area (Å²) in [6.45, 7) is 3.65. The molecule has 1 aliphatic heterocycles. The molecule has 2 fully saturated rings. The second-order valence-electron chi connectivity index (χ2n) is 8.35. The van der Waals surface area contributed by atoms with Gasteiger partial charge in [-0.2, -0.15) is 5.10 Å². The van der Waals surface area contributed by atoms with E-state index in [1.807, 2.05) is 0 Å². The van der Waals surface area contributed by atoms with Crippen molar-refractivity contribution in [1.82, 2.24) is 30.4 Å². The van der Waals surface area contributed by atoms with Crippen molar-refractivity contribution in [3.8, 4) is 22.8 Å². The van der Waals surface area contributed by atoms with Crippen molar-refractivity contribution in [2.45, 2.75) is 44.8 Å². The topological polar surface area (TPSA) is 94.0 Å². The third kappa shape index (κ3) is 4.47. The van der Waals surface area contributed by atoms with Crippen LogP contribution in [-0.4, -0.2) is 50.9 Å². The summed E-state index contributed by atoms with van der Waals surface area (Å²) < 4.78 is 22.1. The van der Waals surface area contributed by atoms with Crippen molar-refractivity contribution in [3.05, 3.63) is 53.9 Å². The summed E-state index contributed by atoms with van der Waals surface area (Å²) in [7, 11) is 0. The van der Waals surface area contributed by atoms with Gasteiger partial charge in [0.05, 0.1) is 35.5 Å². The Labute approximate surface area is 185 Å². The van der Waals surface area contributed by atoms with Gasteiger partial charge >= 0.3 is 0 Å². The molecule has 3 aromatic rings. The standard InChI is InChI=1S/C23H25FN6O2/c1-14-8-19(24)18(23(31)28-16-2-3-16)9-21(14)30-13-15(10-27-30)20-11-26-12-22(29-20)32-17-4-6-25-7-5-17/h8-13,16-17,25H,2-7H2,1H3,(H,28,31). The van der Waals surface area contributed by atoms with Crippen LogP contribution in [0, 0.1) is 12.7 Å². The Morgan fingerprint density at radius 1 is 1.19 bits per heavy atom. The van der Waals surface area contributed by atoms with E-state index in [2.05, 4.69) is 25.7 Å². The SMILES string of the molecule is Cc1cc(F)c(C(=O)NC2CC2)cc1-n1cc(-c2cncc(OC3CCNCC3)n2)cn1. The Kier molecular flexibility index (Phi) is 5.57. The summed E-state index contributed by atoms with van der Waals surface area (Å²) in [6.07, 6.45) is 10.6. The number of aryl methyl sites for hydroxylation is 1. The monoisotopic (exact) mass is 436 g/mol. The van der Waals surface area contributed by atoms with Crippen LogP contribution < -0.4 is 15.4 Å². The minimum atomic E-state index is -0.537. The van der Waals surface area contributed by atoms with Crippen LogP contribution in [0.2, 0.25) is 0 Å². The number of nitrogens with zero attached hydrogens (tertiary/aromatic N) is 4. The number of ether oxygens (including phenoxy) is 1. The zero-order valence-corrected chi connectivity index (χ0v) is 17.8. The van der Waals surface area contributed by atoms with Gasteiger partial charge < -0.3 is 15.4 Å². The molecule has 32 heavy (non-hydrogen) atoms. The molecule has 1 saturated heterocycles.